The van der Waals surface area contributed by atoms with Crippen LogP contribution in [0.1, 0.15) is 5.56 Å². The van der Waals surface area contributed by atoms with Crippen LogP contribution in [0.2, 0.25) is 0 Å². The standard InChI is InChI=1S/C14H12Br2O2/c1-17-12-6-7-14(13(16)8-12)18-9-10-2-4-11(15)5-3-10/h2-8H,9H2,1H3. The maximum Gasteiger partial charge on any atom is 0.134 e. The van der Waals surface area contributed by atoms with E-state index in [1.54, 1.807) is 7.11 Å². The van der Waals surface area contributed by atoms with E-state index in [9.17, 15) is 0 Å². The van der Waals surface area contributed by atoms with Gasteiger partial charge in [0.25, 0.3) is 0 Å². The summed E-state index contributed by atoms with van der Waals surface area (Å²) in [5.41, 5.74) is 1.13. The van der Waals surface area contributed by atoms with Gasteiger partial charge < -0.3 is 9.47 Å². The van der Waals surface area contributed by atoms with Crippen molar-refractivity contribution in [1.82, 2.24) is 0 Å². The first kappa shape index (κ1) is 13.4. The molecule has 0 saturated heterocycles. The highest BCUT2D eigenvalue weighted by Gasteiger charge is 2.03. The van der Waals surface area contributed by atoms with E-state index in [-0.39, 0.29) is 0 Å². The number of hydrogen-bond acceptors (Lipinski definition) is 2. The summed E-state index contributed by atoms with van der Waals surface area (Å²) in [6, 6.07) is 13.7. The first-order valence-corrected chi connectivity index (χ1v) is 6.98. The van der Waals surface area contributed by atoms with Crippen molar-refractivity contribution in [3.05, 3.63) is 57.0 Å². The lowest BCUT2D eigenvalue weighted by Crippen LogP contribution is -1.96. The minimum absolute atomic E-state index is 0.540. The van der Waals surface area contributed by atoms with Crippen molar-refractivity contribution in [3.8, 4) is 11.5 Å². The molecule has 0 aliphatic heterocycles. The molecule has 0 saturated carbocycles. The number of methoxy groups -OCH3 is 1. The Labute approximate surface area is 123 Å². The summed E-state index contributed by atoms with van der Waals surface area (Å²) >= 11 is 6.87. The van der Waals surface area contributed by atoms with Crippen LogP contribution in [-0.4, -0.2) is 7.11 Å². The molecule has 0 N–H and O–H groups in total. The Bertz CT molecular complexity index is 524. The molecule has 0 atom stereocenters. The van der Waals surface area contributed by atoms with Gasteiger partial charge in [-0.15, -0.1) is 0 Å². The van der Waals surface area contributed by atoms with Crippen molar-refractivity contribution in [2.45, 2.75) is 6.61 Å². The van der Waals surface area contributed by atoms with Gasteiger partial charge in [-0.25, -0.2) is 0 Å². The average molecular weight is 372 g/mol. The van der Waals surface area contributed by atoms with Gasteiger partial charge >= 0.3 is 0 Å². The van der Waals surface area contributed by atoms with E-state index < -0.39 is 0 Å². The van der Waals surface area contributed by atoms with E-state index in [0.717, 1.165) is 26.0 Å². The number of halogens is 2. The molecule has 2 aromatic carbocycles. The van der Waals surface area contributed by atoms with Crippen LogP contribution in [0.25, 0.3) is 0 Å². The molecule has 0 fully saturated rings. The van der Waals surface area contributed by atoms with E-state index >= 15 is 0 Å². The molecule has 18 heavy (non-hydrogen) atoms. The maximum atomic E-state index is 5.74. The molecule has 0 spiro atoms. The Kier molecular flexibility index (Phi) is 4.66. The van der Waals surface area contributed by atoms with E-state index in [1.807, 2.05) is 42.5 Å². The lowest BCUT2D eigenvalue weighted by Gasteiger charge is -2.09. The summed E-state index contributed by atoms with van der Waals surface area (Å²) < 4.78 is 12.8. The first-order valence-electron chi connectivity index (χ1n) is 5.40. The van der Waals surface area contributed by atoms with Crippen LogP contribution in [0.5, 0.6) is 11.5 Å². The quantitative estimate of drug-likeness (QED) is 0.768. The van der Waals surface area contributed by atoms with Gasteiger partial charge in [0.2, 0.25) is 0 Å². The monoisotopic (exact) mass is 370 g/mol. The molecule has 0 unspecified atom stereocenters. The number of rotatable bonds is 4. The van der Waals surface area contributed by atoms with Gasteiger partial charge in [-0.3, -0.25) is 0 Å². The fourth-order valence-electron chi connectivity index (χ4n) is 1.47. The fourth-order valence-corrected chi connectivity index (χ4v) is 2.20. The molecule has 2 rings (SSSR count). The predicted molar refractivity (Wildman–Crippen MR) is 79.2 cm³/mol. The lowest BCUT2D eigenvalue weighted by molar-refractivity contribution is 0.303. The molecule has 0 aliphatic carbocycles. The second-order valence-corrected chi connectivity index (χ2v) is 5.48. The summed E-state index contributed by atoms with van der Waals surface area (Å²) in [6.07, 6.45) is 0. The minimum Gasteiger partial charge on any atom is -0.497 e. The summed E-state index contributed by atoms with van der Waals surface area (Å²) in [7, 11) is 1.64. The molecule has 0 aromatic heterocycles. The zero-order chi connectivity index (χ0) is 13.0. The van der Waals surface area contributed by atoms with Crippen LogP contribution in [0.15, 0.2) is 51.4 Å². The van der Waals surface area contributed by atoms with Gasteiger partial charge in [-0.1, -0.05) is 28.1 Å². The van der Waals surface area contributed by atoms with Crippen molar-refractivity contribution in [3.63, 3.8) is 0 Å². The smallest absolute Gasteiger partial charge is 0.134 e. The maximum absolute atomic E-state index is 5.74. The Morgan fingerprint density at radius 1 is 1.00 bits per heavy atom. The van der Waals surface area contributed by atoms with E-state index in [1.165, 1.54) is 0 Å². The lowest BCUT2D eigenvalue weighted by atomic mass is 10.2. The third-order valence-corrected chi connectivity index (χ3v) is 3.60. The third-order valence-electron chi connectivity index (χ3n) is 2.45. The van der Waals surface area contributed by atoms with Crippen LogP contribution in [-0.2, 0) is 6.61 Å². The highest BCUT2D eigenvalue weighted by molar-refractivity contribution is 9.10. The molecule has 0 bridgehead atoms. The largest absolute Gasteiger partial charge is 0.497 e. The van der Waals surface area contributed by atoms with Gasteiger partial charge in [0.05, 0.1) is 11.6 Å². The Balaban J connectivity index is 2.04. The fraction of sp³-hybridized carbons (Fsp3) is 0.143. The van der Waals surface area contributed by atoms with Gasteiger partial charge in [0.15, 0.2) is 0 Å². The second kappa shape index (κ2) is 6.25. The van der Waals surface area contributed by atoms with Crippen molar-refractivity contribution < 1.29 is 9.47 Å². The van der Waals surface area contributed by atoms with Crippen LogP contribution < -0.4 is 9.47 Å². The zero-order valence-corrected chi connectivity index (χ0v) is 13.0. The van der Waals surface area contributed by atoms with Gasteiger partial charge in [-0.2, -0.15) is 0 Å². The van der Waals surface area contributed by atoms with Crippen LogP contribution in [0.4, 0.5) is 0 Å². The van der Waals surface area contributed by atoms with Gasteiger partial charge in [-0.05, 0) is 51.8 Å². The molecule has 0 heterocycles. The zero-order valence-electron chi connectivity index (χ0n) is 9.82. The van der Waals surface area contributed by atoms with Gasteiger partial charge in [0.1, 0.15) is 18.1 Å². The molecule has 0 aliphatic rings. The third kappa shape index (κ3) is 3.50. The predicted octanol–water partition coefficient (Wildman–Crippen LogP) is 4.80. The highest BCUT2D eigenvalue weighted by Crippen LogP contribution is 2.29. The normalized spacial score (nSPS) is 10.2. The van der Waals surface area contributed by atoms with Crippen molar-refractivity contribution in [1.29, 1.82) is 0 Å². The van der Waals surface area contributed by atoms with Crippen molar-refractivity contribution in [2.75, 3.05) is 7.11 Å². The van der Waals surface area contributed by atoms with Crippen molar-refractivity contribution >= 4 is 31.9 Å². The second-order valence-electron chi connectivity index (χ2n) is 3.71. The van der Waals surface area contributed by atoms with E-state index in [2.05, 4.69) is 31.9 Å². The number of ether oxygens (including phenoxy) is 2. The van der Waals surface area contributed by atoms with Crippen LogP contribution >= 0.6 is 31.9 Å². The summed E-state index contributed by atoms with van der Waals surface area (Å²) in [6.45, 7) is 0.540. The minimum atomic E-state index is 0.540. The molecule has 4 heteroatoms. The Morgan fingerprint density at radius 2 is 1.72 bits per heavy atom. The van der Waals surface area contributed by atoms with E-state index in [0.29, 0.717) is 6.61 Å². The van der Waals surface area contributed by atoms with Crippen LogP contribution in [0, 0.1) is 0 Å². The van der Waals surface area contributed by atoms with Crippen LogP contribution in [0.3, 0.4) is 0 Å². The highest BCUT2D eigenvalue weighted by atomic mass is 79.9. The van der Waals surface area contributed by atoms with Gasteiger partial charge in [0, 0.05) is 4.47 Å². The Morgan fingerprint density at radius 3 is 2.33 bits per heavy atom. The topological polar surface area (TPSA) is 18.5 Å². The molecular weight excluding hydrogens is 360 g/mol. The van der Waals surface area contributed by atoms with E-state index in [4.69, 9.17) is 9.47 Å². The molecule has 0 amide bonds. The average Bonchev–Trinajstić information content (AvgIpc) is 2.39. The SMILES string of the molecule is COc1ccc(OCc2ccc(Br)cc2)c(Br)c1. The number of hydrogen-bond donors (Lipinski definition) is 0. The Hall–Kier alpha value is -1.000. The molecule has 2 nitrogen and oxygen atoms in total. The summed E-state index contributed by atoms with van der Waals surface area (Å²) in [5, 5.41) is 0. The number of benzene rings is 2. The molecule has 0 radical (unpaired) electrons. The summed E-state index contributed by atoms with van der Waals surface area (Å²) in [4.78, 5) is 0. The van der Waals surface area contributed by atoms with Crippen molar-refractivity contribution in [2.24, 2.45) is 0 Å². The summed E-state index contributed by atoms with van der Waals surface area (Å²) in [5.74, 6) is 1.61. The molecule has 2 aromatic rings. The first-order chi connectivity index (χ1) is 8.69. The molecule has 94 valence electrons. The molecular formula is C14H12Br2O2.